The van der Waals surface area contributed by atoms with Crippen molar-refractivity contribution in [3.8, 4) is 5.75 Å². The van der Waals surface area contributed by atoms with E-state index in [0.717, 1.165) is 11.1 Å². The Balaban J connectivity index is 2.01. The quantitative estimate of drug-likeness (QED) is 0.792. The van der Waals surface area contributed by atoms with Gasteiger partial charge in [-0.1, -0.05) is 18.2 Å². The van der Waals surface area contributed by atoms with Gasteiger partial charge in [-0.25, -0.2) is 4.79 Å². The van der Waals surface area contributed by atoms with Gasteiger partial charge in [0.05, 0.1) is 11.3 Å². The van der Waals surface area contributed by atoms with Crippen LogP contribution >= 0.6 is 0 Å². The van der Waals surface area contributed by atoms with Gasteiger partial charge in [0.2, 0.25) is 5.91 Å². The summed E-state index contributed by atoms with van der Waals surface area (Å²) in [4.78, 5) is 23.1. The Labute approximate surface area is 128 Å². The molecular weight excluding hydrogens is 282 g/mol. The van der Waals surface area contributed by atoms with E-state index in [-0.39, 0.29) is 23.6 Å². The molecule has 0 aliphatic rings. The Kier molecular flexibility index (Phi) is 4.78. The van der Waals surface area contributed by atoms with Crippen LogP contribution in [0.5, 0.6) is 5.75 Å². The predicted molar refractivity (Wildman–Crippen MR) is 83.2 cm³/mol. The number of nitrogens with one attached hydrogen (secondary N) is 1. The summed E-state index contributed by atoms with van der Waals surface area (Å²) in [5, 5.41) is 21.0. The first-order valence-corrected chi connectivity index (χ1v) is 6.87. The maximum atomic E-state index is 12.0. The van der Waals surface area contributed by atoms with Crippen LogP contribution in [0.15, 0.2) is 42.5 Å². The second-order valence-electron chi connectivity index (χ2n) is 5.07. The molecule has 0 bridgehead atoms. The smallest absolute Gasteiger partial charge is 0.337 e. The van der Waals surface area contributed by atoms with Crippen LogP contribution in [0.3, 0.4) is 0 Å². The monoisotopic (exact) mass is 299 g/mol. The maximum absolute atomic E-state index is 12.0. The Hall–Kier alpha value is -2.82. The van der Waals surface area contributed by atoms with Crippen LogP contribution < -0.4 is 5.32 Å². The molecule has 0 aliphatic heterocycles. The molecule has 2 aromatic carbocycles. The van der Waals surface area contributed by atoms with Crippen LogP contribution in [-0.2, 0) is 11.2 Å². The number of hydrogen-bond donors (Lipinski definition) is 3. The number of aromatic carboxylic acids is 1. The Bertz CT molecular complexity index is 692. The normalized spacial score (nSPS) is 10.2. The summed E-state index contributed by atoms with van der Waals surface area (Å²) in [7, 11) is 0. The van der Waals surface area contributed by atoms with Crippen molar-refractivity contribution in [2.24, 2.45) is 0 Å². The molecule has 0 spiro atoms. The third-order valence-corrected chi connectivity index (χ3v) is 3.26. The van der Waals surface area contributed by atoms with Crippen LogP contribution in [0, 0.1) is 6.92 Å². The van der Waals surface area contributed by atoms with Crippen molar-refractivity contribution in [2.45, 2.75) is 19.8 Å². The van der Waals surface area contributed by atoms with Gasteiger partial charge in [-0.2, -0.15) is 0 Å². The summed E-state index contributed by atoms with van der Waals surface area (Å²) in [6.45, 7) is 1.83. The lowest BCUT2D eigenvalue weighted by molar-refractivity contribution is -0.116. The molecule has 0 aromatic heterocycles. The molecule has 0 aliphatic carbocycles. The van der Waals surface area contributed by atoms with Crippen molar-refractivity contribution in [1.82, 2.24) is 0 Å². The predicted octanol–water partition coefficient (Wildman–Crippen LogP) is 2.97. The minimum Gasteiger partial charge on any atom is -0.508 e. The molecular formula is C17H17NO4. The number of phenolic OH excluding ortho intramolecular Hbond substituents is 1. The van der Waals surface area contributed by atoms with E-state index >= 15 is 0 Å². The van der Waals surface area contributed by atoms with Gasteiger partial charge in [-0.3, -0.25) is 4.79 Å². The third kappa shape index (κ3) is 4.09. The molecule has 3 N–H and O–H groups in total. The highest BCUT2D eigenvalue weighted by molar-refractivity contribution is 6.00. The summed E-state index contributed by atoms with van der Waals surface area (Å²) in [6.07, 6.45) is 0.748. The molecule has 0 atom stereocenters. The van der Waals surface area contributed by atoms with E-state index in [4.69, 9.17) is 5.11 Å². The van der Waals surface area contributed by atoms with E-state index < -0.39 is 5.97 Å². The molecule has 114 valence electrons. The zero-order valence-corrected chi connectivity index (χ0v) is 12.2. The average Bonchev–Trinajstić information content (AvgIpc) is 2.46. The average molecular weight is 299 g/mol. The van der Waals surface area contributed by atoms with Crippen LogP contribution in [-0.4, -0.2) is 22.1 Å². The van der Waals surface area contributed by atoms with Gasteiger partial charge >= 0.3 is 5.97 Å². The lowest BCUT2D eigenvalue weighted by Gasteiger charge is -2.09. The van der Waals surface area contributed by atoms with Gasteiger partial charge in [0.15, 0.2) is 0 Å². The molecule has 0 saturated heterocycles. The molecule has 0 fully saturated rings. The van der Waals surface area contributed by atoms with Gasteiger partial charge in [0.25, 0.3) is 0 Å². The van der Waals surface area contributed by atoms with Crippen molar-refractivity contribution >= 4 is 17.6 Å². The Morgan fingerprint density at radius 1 is 1.09 bits per heavy atom. The molecule has 5 nitrogen and oxygen atoms in total. The third-order valence-electron chi connectivity index (χ3n) is 3.26. The SMILES string of the molecule is Cc1ccc(C(=O)O)c(NC(=O)CCc2ccc(O)cc2)c1. The maximum Gasteiger partial charge on any atom is 0.337 e. The minimum absolute atomic E-state index is 0.0728. The highest BCUT2D eigenvalue weighted by Gasteiger charge is 2.12. The van der Waals surface area contributed by atoms with Gasteiger partial charge < -0.3 is 15.5 Å². The number of carbonyl (C=O) groups excluding carboxylic acids is 1. The minimum atomic E-state index is -1.08. The lowest BCUT2D eigenvalue weighted by Crippen LogP contribution is -2.15. The fourth-order valence-electron chi connectivity index (χ4n) is 2.08. The van der Waals surface area contributed by atoms with Crippen LogP contribution in [0.2, 0.25) is 0 Å². The van der Waals surface area contributed by atoms with Crippen LogP contribution in [0.25, 0.3) is 0 Å². The number of aryl methyl sites for hydroxylation is 2. The first-order valence-electron chi connectivity index (χ1n) is 6.87. The van der Waals surface area contributed by atoms with E-state index in [1.54, 1.807) is 36.4 Å². The number of hydrogen-bond acceptors (Lipinski definition) is 3. The molecule has 0 radical (unpaired) electrons. The summed E-state index contributed by atoms with van der Waals surface area (Å²) < 4.78 is 0. The van der Waals surface area contributed by atoms with Gasteiger partial charge in [0, 0.05) is 6.42 Å². The van der Waals surface area contributed by atoms with Gasteiger partial charge in [-0.15, -0.1) is 0 Å². The number of carboxylic acid groups (broad SMARTS) is 1. The summed E-state index contributed by atoms with van der Waals surface area (Å²) in [5.74, 6) is -1.14. The zero-order chi connectivity index (χ0) is 16.1. The highest BCUT2D eigenvalue weighted by Crippen LogP contribution is 2.18. The number of benzene rings is 2. The van der Waals surface area contributed by atoms with E-state index in [9.17, 15) is 14.7 Å². The fraction of sp³-hybridized carbons (Fsp3) is 0.176. The fourth-order valence-corrected chi connectivity index (χ4v) is 2.08. The number of rotatable bonds is 5. The van der Waals surface area contributed by atoms with E-state index in [1.807, 2.05) is 6.92 Å². The van der Waals surface area contributed by atoms with E-state index in [0.29, 0.717) is 12.1 Å². The van der Waals surface area contributed by atoms with Crippen molar-refractivity contribution in [3.05, 3.63) is 59.2 Å². The number of carbonyl (C=O) groups is 2. The first-order chi connectivity index (χ1) is 10.5. The highest BCUT2D eigenvalue weighted by atomic mass is 16.4. The first kappa shape index (κ1) is 15.6. The van der Waals surface area contributed by atoms with Crippen LogP contribution in [0.1, 0.15) is 27.9 Å². The van der Waals surface area contributed by atoms with Crippen LogP contribution in [0.4, 0.5) is 5.69 Å². The van der Waals surface area contributed by atoms with Crippen molar-refractivity contribution < 1.29 is 19.8 Å². The number of carboxylic acids is 1. The van der Waals surface area contributed by atoms with E-state index in [2.05, 4.69) is 5.32 Å². The number of aromatic hydroxyl groups is 1. The zero-order valence-electron chi connectivity index (χ0n) is 12.2. The molecule has 2 aromatic rings. The standard InChI is InChI=1S/C17H17NO4/c1-11-2-8-14(17(21)22)15(10-11)18-16(20)9-5-12-3-6-13(19)7-4-12/h2-4,6-8,10,19H,5,9H2,1H3,(H,18,20)(H,21,22). The largest absolute Gasteiger partial charge is 0.508 e. The Morgan fingerprint density at radius 2 is 1.77 bits per heavy atom. The van der Waals surface area contributed by atoms with Crippen molar-refractivity contribution in [1.29, 1.82) is 0 Å². The second-order valence-corrected chi connectivity index (χ2v) is 5.07. The molecule has 1 amide bonds. The second kappa shape index (κ2) is 6.76. The number of phenols is 1. The molecule has 2 rings (SSSR count). The molecule has 0 heterocycles. The van der Waals surface area contributed by atoms with Gasteiger partial charge in [-0.05, 0) is 48.7 Å². The summed E-state index contributed by atoms with van der Waals surface area (Å²) in [6, 6.07) is 11.4. The summed E-state index contributed by atoms with van der Waals surface area (Å²) in [5.41, 5.74) is 2.18. The Morgan fingerprint density at radius 3 is 2.41 bits per heavy atom. The van der Waals surface area contributed by atoms with Gasteiger partial charge in [0.1, 0.15) is 5.75 Å². The topological polar surface area (TPSA) is 86.6 Å². The summed E-state index contributed by atoms with van der Waals surface area (Å²) >= 11 is 0. The van der Waals surface area contributed by atoms with Crippen molar-refractivity contribution in [2.75, 3.05) is 5.32 Å². The molecule has 0 saturated carbocycles. The molecule has 0 unspecified atom stereocenters. The van der Waals surface area contributed by atoms with E-state index in [1.165, 1.54) is 6.07 Å². The number of anilines is 1. The molecule has 22 heavy (non-hydrogen) atoms. The lowest BCUT2D eigenvalue weighted by atomic mass is 10.1. The van der Waals surface area contributed by atoms with Crippen molar-refractivity contribution in [3.63, 3.8) is 0 Å². The molecule has 5 heteroatoms. The number of amides is 1.